The quantitative estimate of drug-likeness (QED) is 0.874. The first kappa shape index (κ1) is 15.7. The van der Waals surface area contributed by atoms with Crippen LogP contribution in [-0.2, 0) is 9.53 Å². The fraction of sp³-hybridized carbons (Fsp3) is 0.538. The molecule has 21 heavy (non-hydrogen) atoms. The number of morpholine rings is 1. The van der Waals surface area contributed by atoms with Crippen molar-refractivity contribution in [3.8, 4) is 0 Å². The van der Waals surface area contributed by atoms with Gasteiger partial charge in [-0.1, -0.05) is 11.6 Å². The Kier molecular flexibility index (Phi) is 5.08. The summed E-state index contributed by atoms with van der Waals surface area (Å²) in [5, 5.41) is 2.77. The molecule has 0 aromatic carbocycles. The summed E-state index contributed by atoms with van der Waals surface area (Å²) in [5.41, 5.74) is 0.0748. The largest absolute Gasteiger partial charge is 0.378 e. The minimum atomic E-state index is -0.651. The third-order valence-corrected chi connectivity index (χ3v) is 3.40. The number of aryl methyl sites for hydroxylation is 1. The van der Waals surface area contributed by atoms with E-state index < -0.39 is 11.9 Å². The number of hydrogen-bond acceptors (Lipinski definition) is 5. The van der Waals surface area contributed by atoms with Gasteiger partial charge in [0.05, 0.1) is 24.4 Å². The Labute approximate surface area is 127 Å². The molecule has 1 aromatic heterocycles. The molecule has 0 aliphatic carbocycles. The highest BCUT2D eigenvalue weighted by molar-refractivity contribution is 6.33. The molecule has 2 rings (SSSR count). The second-order valence-corrected chi connectivity index (χ2v) is 5.15. The highest BCUT2D eigenvalue weighted by Gasteiger charge is 2.25. The summed E-state index contributed by atoms with van der Waals surface area (Å²) in [4.78, 5) is 33.9. The van der Waals surface area contributed by atoms with Crippen LogP contribution in [0.3, 0.4) is 0 Å². The lowest BCUT2D eigenvalue weighted by atomic mass is 10.2. The number of carbonyl (C=O) groups excluding carboxylic acids is 2. The molecule has 1 N–H and O–H groups in total. The Balaban J connectivity index is 2.01. The van der Waals surface area contributed by atoms with Crippen LogP contribution < -0.4 is 5.32 Å². The second-order valence-electron chi connectivity index (χ2n) is 4.75. The van der Waals surface area contributed by atoms with E-state index in [-0.39, 0.29) is 16.6 Å². The van der Waals surface area contributed by atoms with Gasteiger partial charge in [-0.3, -0.25) is 9.59 Å². The van der Waals surface area contributed by atoms with Gasteiger partial charge in [-0.2, -0.15) is 0 Å². The monoisotopic (exact) mass is 312 g/mol. The summed E-state index contributed by atoms with van der Waals surface area (Å²) in [6, 6.07) is -0.651. The molecule has 2 heterocycles. The first-order valence-corrected chi connectivity index (χ1v) is 7.03. The van der Waals surface area contributed by atoms with Crippen LogP contribution in [0.5, 0.6) is 0 Å². The number of amides is 2. The maximum atomic E-state index is 12.2. The first-order valence-electron chi connectivity index (χ1n) is 6.65. The summed E-state index contributed by atoms with van der Waals surface area (Å²) < 4.78 is 5.19. The Hall–Kier alpha value is -1.73. The smallest absolute Gasteiger partial charge is 0.272 e. The number of hydrogen-bond donors (Lipinski definition) is 1. The molecule has 0 radical (unpaired) electrons. The first-order chi connectivity index (χ1) is 9.99. The molecule has 2 amide bonds. The van der Waals surface area contributed by atoms with Crippen LogP contribution in [0, 0.1) is 6.92 Å². The van der Waals surface area contributed by atoms with Crippen molar-refractivity contribution in [1.29, 1.82) is 0 Å². The number of rotatable bonds is 3. The lowest BCUT2D eigenvalue weighted by Crippen LogP contribution is -2.50. The van der Waals surface area contributed by atoms with Gasteiger partial charge in [0, 0.05) is 13.1 Å². The van der Waals surface area contributed by atoms with Gasteiger partial charge >= 0.3 is 0 Å². The third kappa shape index (κ3) is 3.89. The predicted octanol–water partition coefficient (Wildman–Crippen LogP) is 0.416. The van der Waals surface area contributed by atoms with E-state index in [2.05, 4.69) is 15.3 Å². The van der Waals surface area contributed by atoms with Crippen molar-refractivity contribution >= 4 is 23.4 Å². The summed E-state index contributed by atoms with van der Waals surface area (Å²) in [6.07, 6.45) is 1.37. The van der Waals surface area contributed by atoms with Gasteiger partial charge in [0.1, 0.15) is 17.6 Å². The van der Waals surface area contributed by atoms with Crippen LogP contribution in [0.2, 0.25) is 5.02 Å². The van der Waals surface area contributed by atoms with Gasteiger partial charge < -0.3 is 15.0 Å². The molecule has 0 saturated carbocycles. The zero-order valence-corrected chi connectivity index (χ0v) is 12.7. The minimum absolute atomic E-state index is 0.0748. The van der Waals surface area contributed by atoms with Crippen molar-refractivity contribution in [2.45, 2.75) is 19.9 Å². The normalized spacial score (nSPS) is 16.4. The van der Waals surface area contributed by atoms with E-state index >= 15 is 0 Å². The average molecular weight is 313 g/mol. The molecule has 1 aromatic rings. The molecule has 7 nitrogen and oxygen atoms in total. The van der Waals surface area contributed by atoms with Gasteiger partial charge in [0.25, 0.3) is 5.91 Å². The molecule has 1 aliphatic rings. The van der Waals surface area contributed by atoms with E-state index in [9.17, 15) is 9.59 Å². The Morgan fingerprint density at radius 3 is 2.76 bits per heavy atom. The molecular formula is C13H17ClN4O3. The van der Waals surface area contributed by atoms with Crippen molar-refractivity contribution < 1.29 is 14.3 Å². The number of nitrogens with one attached hydrogen (secondary N) is 1. The third-order valence-electron chi connectivity index (χ3n) is 3.12. The topological polar surface area (TPSA) is 84.4 Å². The van der Waals surface area contributed by atoms with E-state index in [4.69, 9.17) is 16.3 Å². The van der Waals surface area contributed by atoms with Crippen LogP contribution in [0.25, 0.3) is 0 Å². The van der Waals surface area contributed by atoms with E-state index in [1.54, 1.807) is 18.7 Å². The van der Waals surface area contributed by atoms with Crippen LogP contribution >= 0.6 is 11.6 Å². The average Bonchev–Trinajstić information content (AvgIpc) is 2.49. The number of nitrogens with zero attached hydrogens (tertiary/aromatic N) is 3. The Morgan fingerprint density at radius 1 is 1.43 bits per heavy atom. The van der Waals surface area contributed by atoms with Gasteiger partial charge in [0.15, 0.2) is 0 Å². The van der Waals surface area contributed by atoms with E-state index in [0.29, 0.717) is 32.1 Å². The van der Waals surface area contributed by atoms with E-state index in [1.165, 1.54) is 6.20 Å². The lowest BCUT2D eigenvalue weighted by Gasteiger charge is -2.29. The number of carbonyl (C=O) groups is 2. The molecule has 1 saturated heterocycles. The zero-order valence-electron chi connectivity index (χ0n) is 11.9. The molecule has 0 spiro atoms. The zero-order chi connectivity index (χ0) is 15.4. The molecular weight excluding hydrogens is 296 g/mol. The van der Waals surface area contributed by atoms with E-state index in [0.717, 1.165) is 0 Å². The molecule has 0 bridgehead atoms. The summed E-state index contributed by atoms with van der Waals surface area (Å²) in [5.74, 6) is -0.190. The van der Waals surface area contributed by atoms with Gasteiger partial charge in [-0.05, 0) is 13.8 Å². The van der Waals surface area contributed by atoms with Crippen LogP contribution in [0.15, 0.2) is 6.20 Å². The summed E-state index contributed by atoms with van der Waals surface area (Å²) in [6.45, 7) is 5.40. The van der Waals surface area contributed by atoms with Crippen LogP contribution in [0.1, 0.15) is 23.2 Å². The van der Waals surface area contributed by atoms with E-state index in [1.807, 2.05) is 0 Å². The maximum Gasteiger partial charge on any atom is 0.272 e. The molecule has 1 aliphatic heterocycles. The SMILES string of the molecule is Cc1ncc(Cl)c(C(=O)NC(C)C(=O)N2CCOCC2)n1. The van der Waals surface area contributed by atoms with Crippen molar-refractivity contribution in [3.63, 3.8) is 0 Å². The van der Waals surface area contributed by atoms with Crippen molar-refractivity contribution in [3.05, 3.63) is 22.7 Å². The predicted molar refractivity (Wildman–Crippen MR) is 76.1 cm³/mol. The maximum absolute atomic E-state index is 12.2. The lowest BCUT2D eigenvalue weighted by molar-refractivity contribution is -0.136. The molecule has 1 atom stereocenters. The second kappa shape index (κ2) is 6.82. The minimum Gasteiger partial charge on any atom is -0.378 e. The highest BCUT2D eigenvalue weighted by atomic mass is 35.5. The molecule has 1 fully saturated rings. The molecule has 8 heteroatoms. The van der Waals surface area contributed by atoms with Gasteiger partial charge in [0.2, 0.25) is 5.91 Å². The number of aromatic nitrogens is 2. The fourth-order valence-corrected chi connectivity index (χ4v) is 2.18. The molecule has 114 valence electrons. The van der Waals surface area contributed by atoms with Gasteiger partial charge in [-0.25, -0.2) is 9.97 Å². The Bertz CT molecular complexity index is 546. The van der Waals surface area contributed by atoms with Crippen molar-refractivity contribution in [1.82, 2.24) is 20.2 Å². The van der Waals surface area contributed by atoms with Crippen molar-refractivity contribution in [2.75, 3.05) is 26.3 Å². The highest BCUT2D eigenvalue weighted by Crippen LogP contribution is 2.12. The number of ether oxygens (including phenoxy) is 1. The Morgan fingerprint density at radius 2 is 2.10 bits per heavy atom. The summed E-state index contributed by atoms with van der Waals surface area (Å²) >= 11 is 5.91. The van der Waals surface area contributed by atoms with Crippen LogP contribution in [-0.4, -0.2) is 59.0 Å². The fourth-order valence-electron chi connectivity index (χ4n) is 2.00. The van der Waals surface area contributed by atoms with Crippen LogP contribution in [0.4, 0.5) is 0 Å². The molecule has 1 unspecified atom stereocenters. The van der Waals surface area contributed by atoms with Crippen molar-refractivity contribution in [2.24, 2.45) is 0 Å². The standard InChI is InChI=1S/C13H17ClN4O3/c1-8(13(20)18-3-5-21-6-4-18)16-12(19)11-10(14)7-15-9(2)17-11/h7-8H,3-6H2,1-2H3,(H,16,19). The number of halogens is 1. The van der Waals surface area contributed by atoms with Gasteiger partial charge in [-0.15, -0.1) is 0 Å². The summed E-state index contributed by atoms with van der Waals surface area (Å²) in [7, 11) is 0.